The number of nitrogens with one attached hydrogen (secondary N) is 2. The summed E-state index contributed by atoms with van der Waals surface area (Å²) in [6.07, 6.45) is 5.95. The minimum atomic E-state index is -0.135. The van der Waals surface area contributed by atoms with E-state index in [4.69, 9.17) is 0 Å². The van der Waals surface area contributed by atoms with Crippen molar-refractivity contribution in [1.82, 2.24) is 25.1 Å². The highest BCUT2D eigenvalue weighted by molar-refractivity contribution is 5.97. The van der Waals surface area contributed by atoms with Gasteiger partial charge in [-0.2, -0.15) is 5.10 Å². The summed E-state index contributed by atoms with van der Waals surface area (Å²) in [5.74, 6) is 0.335. The van der Waals surface area contributed by atoms with Crippen LogP contribution < -0.4 is 10.9 Å². The first kappa shape index (κ1) is 20.1. The fraction of sp³-hybridized carbons (Fsp3) is 0.385. The lowest BCUT2D eigenvalue weighted by molar-refractivity contribution is -0.0196. The predicted octanol–water partition coefficient (Wildman–Crippen LogP) is 4.31. The first-order chi connectivity index (χ1) is 15.9. The lowest BCUT2D eigenvalue weighted by Gasteiger charge is -2.57. The van der Waals surface area contributed by atoms with E-state index >= 15 is 0 Å². The number of aromatic nitrogens is 4. The third kappa shape index (κ3) is 3.25. The van der Waals surface area contributed by atoms with Crippen LogP contribution in [0.25, 0.3) is 21.8 Å². The summed E-state index contributed by atoms with van der Waals surface area (Å²) >= 11 is 0. The van der Waals surface area contributed by atoms with Gasteiger partial charge >= 0.3 is 0 Å². The molecular weight excluding hydrogens is 414 g/mol. The molecule has 2 heterocycles. The zero-order valence-electron chi connectivity index (χ0n) is 18.8. The Morgan fingerprint density at radius 1 is 1.12 bits per heavy atom. The highest BCUT2D eigenvalue weighted by atomic mass is 16.1. The number of aromatic amines is 1. The van der Waals surface area contributed by atoms with Gasteiger partial charge in [0.1, 0.15) is 0 Å². The van der Waals surface area contributed by atoms with Crippen LogP contribution in [0.2, 0.25) is 0 Å². The molecule has 2 aliphatic rings. The zero-order valence-corrected chi connectivity index (χ0v) is 18.8. The highest BCUT2D eigenvalue weighted by Crippen LogP contribution is 2.62. The van der Waals surface area contributed by atoms with Crippen LogP contribution >= 0.6 is 0 Å². The summed E-state index contributed by atoms with van der Waals surface area (Å²) in [5.41, 5.74) is 3.72. The molecule has 1 amide bonds. The number of nitrogens with zero attached hydrogens (tertiary/aromatic N) is 3. The Morgan fingerprint density at radius 3 is 2.64 bits per heavy atom. The van der Waals surface area contributed by atoms with E-state index in [0.717, 1.165) is 47.8 Å². The minimum absolute atomic E-state index is 0.0278. The third-order valence-corrected chi connectivity index (χ3v) is 7.56. The predicted molar refractivity (Wildman–Crippen MR) is 127 cm³/mol. The second kappa shape index (κ2) is 7.27. The normalized spacial score (nSPS) is 24.2. The van der Waals surface area contributed by atoms with Crippen molar-refractivity contribution in [3.8, 4) is 0 Å². The summed E-state index contributed by atoms with van der Waals surface area (Å²) in [6.45, 7) is 4.24. The topological polar surface area (TPSA) is 92.7 Å². The molecule has 0 atom stereocenters. The van der Waals surface area contributed by atoms with Gasteiger partial charge in [0, 0.05) is 29.0 Å². The summed E-state index contributed by atoms with van der Waals surface area (Å²) in [6, 6.07) is 14.0. The average Bonchev–Trinajstić information content (AvgIpc) is 3.19. The van der Waals surface area contributed by atoms with Crippen LogP contribution in [-0.4, -0.2) is 31.7 Å². The first-order valence-electron chi connectivity index (χ1n) is 11.7. The van der Waals surface area contributed by atoms with Crippen LogP contribution in [-0.2, 0) is 0 Å². The first-order valence-corrected chi connectivity index (χ1v) is 11.7. The lowest BCUT2D eigenvalue weighted by Crippen LogP contribution is -2.55. The number of amides is 1. The molecule has 0 bridgehead atoms. The van der Waals surface area contributed by atoms with E-state index in [1.807, 2.05) is 48.8 Å². The van der Waals surface area contributed by atoms with Crippen molar-refractivity contribution >= 4 is 27.7 Å². The SMILES string of the molecule is CC(C)n1cnc2cc(C(=O)NC3CC4(C3)CC(c3n[nH]c(=O)c5ccccc35)C4)ccc21. The lowest BCUT2D eigenvalue weighted by atomic mass is 9.49. The molecule has 4 aromatic rings. The number of hydrogen-bond acceptors (Lipinski definition) is 4. The molecule has 168 valence electrons. The number of imidazole rings is 1. The highest BCUT2D eigenvalue weighted by Gasteiger charge is 2.54. The molecule has 2 N–H and O–H groups in total. The second-order valence-corrected chi connectivity index (χ2v) is 10.1. The monoisotopic (exact) mass is 441 g/mol. The van der Waals surface area contributed by atoms with Gasteiger partial charge in [-0.3, -0.25) is 9.59 Å². The Morgan fingerprint density at radius 2 is 1.88 bits per heavy atom. The fourth-order valence-corrected chi connectivity index (χ4v) is 5.90. The molecule has 0 unspecified atom stereocenters. The maximum atomic E-state index is 12.8. The number of H-pyrrole nitrogens is 1. The summed E-state index contributed by atoms with van der Waals surface area (Å²) in [7, 11) is 0. The Bertz CT molecular complexity index is 1440. The molecule has 0 aliphatic heterocycles. The maximum absolute atomic E-state index is 12.8. The van der Waals surface area contributed by atoms with Gasteiger partial charge in [-0.1, -0.05) is 18.2 Å². The molecule has 6 rings (SSSR count). The standard InChI is InChI=1S/C26H27N5O2/c1-15(2)31-14-27-21-9-16(7-8-22(21)31)24(32)28-18-12-26(13-18)10-17(11-26)23-19-5-3-4-6-20(19)25(33)30-29-23/h3-9,14-15,17-18H,10-13H2,1-2H3,(H,28,32)(H,30,33). The van der Waals surface area contributed by atoms with Crippen molar-refractivity contribution in [2.75, 3.05) is 0 Å². The van der Waals surface area contributed by atoms with E-state index in [1.165, 1.54) is 0 Å². The molecule has 2 saturated carbocycles. The molecule has 7 nitrogen and oxygen atoms in total. The van der Waals surface area contributed by atoms with Gasteiger partial charge < -0.3 is 9.88 Å². The van der Waals surface area contributed by atoms with Crippen LogP contribution in [0, 0.1) is 5.41 Å². The minimum Gasteiger partial charge on any atom is -0.349 e. The van der Waals surface area contributed by atoms with Crippen LogP contribution in [0.3, 0.4) is 0 Å². The van der Waals surface area contributed by atoms with Crippen LogP contribution in [0.5, 0.6) is 0 Å². The Kier molecular flexibility index (Phi) is 4.44. The molecule has 2 aliphatic carbocycles. The largest absolute Gasteiger partial charge is 0.349 e. The van der Waals surface area contributed by atoms with Crippen molar-refractivity contribution in [3.05, 3.63) is 70.4 Å². The second-order valence-electron chi connectivity index (χ2n) is 10.1. The molecule has 0 radical (unpaired) electrons. The Labute approximate surface area is 191 Å². The van der Waals surface area contributed by atoms with Crippen LogP contribution in [0.15, 0.2) is 53.6 Å². The summed E-state index contributed by atoms with van der Waals surface area (Å²) in [5, 5.41) is 11.9. The van der Waals surface area contributed by atoms with E-state index in [2.05, 4.69) is 38.9 Å². The Hall–Kier alpha value is -3.48. The molecule has 2 fully saturated rings. The third-order valence-electron chi connectivity index (χ3n) is 7.56. The number of rotatable bonds is 4. The molecule has 0 saturated heterocycles. The number of benzene rings is 2. The van der Waals surface area contributed by atoms with Crippen molar-refractivity contribution in [2.45, 2.75) is 57.5 Å². The van der Waals surface area contributed by atoms with E-state index in [1.54, 1.807) is 0 Å². The molecule has 2 aromatic heterocycles. The van der Waals surface area contributed by atoms with E-state index in [0.29, 0.717) is 28.3 Å². The zero-order chi connectivity index (χ0) is 22.7. The average molecular weight is 442 g/mol. The van der Waals surface area contributed by atoms with Crippen molar-refractivity contribution in [3.63, 3.8) is 0 Å². The van der Waals surface area contributed by atoms with Crippen LogP contribution in [0.1, 0.15) is 67.5 Å². The molecule has 7 heteroatoms. The van der Waals surface area contributed by atoms with Crippen molar-refractivity contribution in [1.29, 1.82) is 0 Å². The van der Waals surface area contributed by atoms with Crippen molar-refractivity contribution < 1.29 is 4.79 Å². The van der Waals surface area contributed by atoms with Gasteiger partial charge in [-0.15, -0.1) is 0 Å². The van der Waals surface area contributed by atoms with E-state index < -0.39 is 0 Å². The smallest absolute Gasteiger partial charge is 0.272 e. The molecule has 33 heavy (non-hydrogen) atoms. The van der Waals surface area contributed by atoms with Gasteiger partial charge in [0.25, 0.3) is 11.5 Å². The van der Waals surface area contributed by atoms with E-state index in [9.17, 15) is 9.59 Å². The van der Waals surface area contributed by atoms with Crippen molar-refractivity contribution in [2.24, 2.45) is 5.41 Å². The van der Waals surface area contributed by atoms with Gasteiger partial charge in [0.05, 0.1) is 28.4 Å². The number of carbonyl (C=O) groups is 1. The van der Waals surface area contributed by atoms with Gasteiger partial charge in [0.15, 0.2) is 0 Å². The number of hydrogen-bond donors (Lipinski definition) is 2. The number of fused-ring (bicyclic) bond motifs is 2. The number of carbonyl (C=O) groups excluding carboxylic acids is 1. The summed E-state index contributed by atoms with van der Waals surface area (Å²) < 4.78 is 2.11. The van der Waals surface area contributed by atoms with Crippen LogP contribution in [0.4, 0.5) is 0 Å². The van der Waals surface area contributed by atoms with E-state index in [-0.39, 0.29) is 17.5 Å². The fourth-order valence-electron chi connectivity index (χ4n) is 5.90. The molecular formula is C26H27N5O2. The maximum Gasteiger partial charge on any atom is 0.272 e. The Balaban J connectivity index is 1.09. The van der Waals surface area contributed by atoms with Gasteiger partial charge in [-0.05, 0) is 69.2 Å². The quantitative estimate of drug-likeness (QED) is 0.494. The van der Waals surface area contributed by atoms with Gasteiger partial charge in [-0.25, -0.2) is 10.1 Å². The summed E-state index contributed by atoms with van der Waals surface area (Å²) in [4.78, 5) is 29.3. The molecule has 1 spiro atoms. The molecule has 2 aromatic carbocycles. The van der Waals surface area contributed by atoms with Gasteiger partial charge in [0.2, 0.25) is 0 Å².